The largest absolute Gasteiger partial charge is 0.339 e. The minimum Gasteiger partial charge on any atom is -0.339 e. The summed E-state index contributed by atoms with van der Waals surface area (Å²) in [5, 5.41) is 0.773. The predicted octanol–water partition coefficient (Wildman–Crippen LogP) is 5.32. The molecule has 1 saturated heterocycles. The van der Waals surface area contributed by atoms with Crippen LogP contribution in [-0.4, -0.2) is 23.4 Å². The zero-order valence-electron chi connectivity index (χ0n) is 14.5. The molecule has 1 aromatic rings. The highest BCUT2D eigenvalue weighted by atomic mass is 79.9. The summed E-state index contributed by atoms with van der Waals surface area (Å²) in [6, 6.07) is 6.57. The molecule has 4 aliphatic carbocycles. The van der Waals surface area contributed by atoms with Crippen molar-refractivity contribution in [3.63, 3.8) is 0 Å². The van der Waals surface area contributed by atoms with Crippen LogP contribution < -0.4 is 0 Å². The molecule has 0 spiro atoms. The molecule has 1 aliphatic heterocycles. The van der Waals surface area contributed by atoms with Gasteiger partial charge in [-0.05, 0) is 86.3 Å². The summed E-state index contributed by atoms with van der Waals surface area (Å²) in [6.07, 6.45) is 8.77. The van der Waals surface area contributed by atoms with Gasteiger partial charge in [-0.15, -0.1) is 0 Å². The van der Waals surface area contributed by atoms with Crippen LogP contribution >= 0.6 is 27.5 Å². The average molecular weight is 423 g/mol. The second-order valence-corrected chi connectivity index (χ2v) is 10.2. The summed E-state index contributed by atoms with van der Waals surface area (Å²) in [4.78, 5) is 15.5. The molecular weight excluding hydrogens is 398 g/mol. The average Bonchev–Trinajstić information content (AvgIpc) is 2.90. The molecule has 0 N–H and O–H groups in total. The standard InChI is InChI=1S/C21H25BrClNO/c22-18-2-1-14(19(23)11-18)10-15-3-4-24(21(15)25)20-16-6-12-5-13(8-16)9-17(20)7-12/h1-2,11-13,15-17,20H,3-10H2. The van der Waals surface area contributed by atoms with E-state index < -0.39 is 0 Å². The van der Waals surface area contributed by atoms with Crippen LogP contribution in [0.5, 0.6) is 0 Å². The number of likely N-dealkylation sites (tertiary alicyclic amines) is 1. The number of benzene rings is 1. The molecule has 1 heterocycles. The number of carbonyl (C=O) groups is 1. The first-order valence-corrected chi connectivity index (χ1v) is 11.0. The van der Waals surface area contributed by atoms with E-state index in [0.717, 1.165) is 58.1 Å². The van der Waals surface area contributed by atoms with Crippen molar-refractivity contribution in [1.82, 2.24) is 4.90 Å². The van der Waals surface area contributed by atoms with E-state index >= 15 is 0 Å². The number of amides is 1. The van der Waals surface area contributed by atoms with Gasteiger partial charge in [-0.3, -0.25) is 4.79 Å². The molecular formula is C21H25BrClNO. The van der Waals surface area contributed by atoms with Crippen molar-refractivity contribution in [2.75, 3.05) is 6.54 Å². The van der Waals surface area contributed by atoms with Crippen molar-refractivity contribution in [1.29, 1.82) is 0 Å². The third kappa shape index (κ3) is 2.86. The molecule has 5 fully saturated rings. The van der Waals surface area contributed by atoms with Gasteiger partial charge >= 0.3 is 0 Å². The van der Waals surface area contributed by atoms with Crippen molar-refractivity contribution in [2.24, 2.45) is 29.6 Å². The van der Waals surface area contributed by atoms with E-state index in [1.54, 1.807) is 0 Å². The van der Waals surface area contributed by atoms with Gasteiger partial charge in [-0.2, -0.15) is 0 Å². The first-order valence-electron chi connectivity index (χ1n) is 9.83. The number of halogens is 2. The third-order valence-electron chi connectivity index (χ3n) is 7.37. The molecule has 1 atom stereocenters. The van der Waals surface area contributed by atoms with E-state index in [0.29, 0.717) is 11.9 Å². The molecule has 134 valence electrons. The van der Waals surface area contributed by atoms with Crippen LogP contribution in [0.15, 0.2) is 22.7 Å². The zero-order valence-corrected chi connectivity index (χ0v) is 16.8. The Bertz CT molecular complexity index is 677. The normalized spacial score (nSPS) is 39.4. The summed E-state index contributed by atoms with van der Waals surface area (Å²) >= 11 is 9.84. The van der Waals surface area contributed by atoms with Gasteiger partial charge < -0.3 is 4.90 Å². The number of nitrogens with zero attached hydrogens (tertiary/aromatic N) is 1. The molecule has 6 rings (SSSR count). The number of hydrogen-bond donors (Lipinski definition) is 0. The highest BCUT2D eigenvalue weighted by Crippen LogP contribution is 2.55. The molecule has 4 saturated carbocycles. The minimum atomic E-state index is 0.121. The van der Waals surface area contributed by atoms with E-state index in [2.05, 4.69) is 26.9 Å². The molecule has 2 nitrogen and oxygen atoms in total. The Morgan fingerprint density at radius 3 is 2.40 bits per heavy atom. The Hall–Kier alpha value is -0.540. The fourth-order valence-electron chi connectivity index (χ4n) is 6.61. The maximum atomic E-state index is 13.2. The Balaban J connectivity index is 1.32. The van der Waals surface area contributed by atoms with E-state index in [1.807, 2.05) is 12.1 Å². The zero-order chi connectivity index (χ0) is 17.1. The van der Waals surface area contributed by atoms with Crippen molar-refractivity contribution in [3.05, 3.63) is 33.3 Å². The van der Waals surface area contributed by atoms with Crippen molar-refractivity contribution >= 4 is 33.4 Å². The van der Waals surface area contributed by atoms with Gasteiger partial charge in [0.15, 0.2) is 0 Å². The lowest BCUT2D eigenvalue weighted by Gasteiger charge is -2.56. The topological polar surface area (TPSA) is 20.3 Å². The molecule has 4 bridgehead atoms. The lowest BCUT2D eigenvalue weighted by molar-refractivity contribution is -0.141. The quantitative estimate of drug-likeness (QED) is 0.645. The summed E-state index contributed by atoms with van der Waals surface area (Å²) in [6.45, 7) is 0.963. The summed E-state index contributed by atoms with van der Waals surface area (Å²) in [5.41, 5.74) is 1.11. The number of hydrogen-bond acceptors (Lipinski definition) is 1. The SMILES string of the molecule is O=C1C(Cc2ccc(Br)cc2Cl)CCN1C1C2CC3CC(C2)CC1C3. The van der Waals surface area contributed by atoms with E-state index in [9.17, 15) is 4.79 Å². The van der Waals surface area contributed by atoms with Crippen LogP contribution in [-0.2, 0) is 11.2 Å². The minimum absolute atomic E-state index is 0.121. The van der Waals surface area contributed by atoms with Crippen LogP contribution in [0.25, 0.3) is 0 Å². The van der Waals surface area contributed by atoms with Crippen LogP contribution in [0.4, 0.5) is 0 Å². The highest BCUT2D eigenvalue weighted by Gasteiger charge is 2.52. The van der Waals surface area contributed by atoms with Crippen LogP contribution in [0.3, 0.4) is 0 Å². The Morgan fingerprint density at radius 2 is 1.76 bits per heavy atom. The molecule has 1 amide bonds. The van der Waals surface area contributed by atoms with E-state index in [4.69, 9.17) is 11.6 Å². The van der Waals surface area contributed by atoms with Gasteiger partial charge in [0.25, 0.3) is 0 Å². The first-order chi connectivity index (χ1) is 12.1. The highest BCUT2D eigenvalue weighted by molar-refractivity contribution is 9.10. The van der Waals surface area contributed by atoms with Crippen LogP contribution in [0.2, 0.25) is 5.02 Å². The second kappa shape index (κ2) is 6.27. The fourth-order valence-corrected chi connectivity index (χ4v) is 7.36. The molecule has 0 aromatic heterocycles. The van der Waals surface area contributed by atoms with Crippen LogP contribution in [0.1, 0.15) is 44.1 Å². The lowest BCUT2D eigenvalue weighted by Crippen LogP contribution is -2.56. The van der Waals surface area contributed by atoms with Crippen molar-refractivity contribution in [3.8, 4) is 0 Å². The molecule has 25 heavy (non-hydrogen) atoms. The van der Waals surface area contributed by atoms with Gasteiger partial charge in [0.05, 0.1) is 0 Å². The van der Waals surface area contributed by atoms with Crippen LogP contribution in [0, 0.1) is 29.6 Å². The van der Waals surface area contributed by atoms with E-state index in [1.165, 1.54) is 32.1 Å². The third-order valence-corrected chi connectivity index (χ3v) is 8.21. The Labute approximate surface area is 163 Å². The van der Waals surface area contributed by atoms with Gasteiger partial charge in [0.2, 0.25) is 5.91 Å². The fraction of sp³-hybridized carbons (Fsp3) is 0.667. The monoisotopic (exact) mass is 421 g/mol. The number of rotatable bonds is 3. The summed E-state index contributed by atoms with van der Waals surface area (Å²) in [5.74, 6) is 4.03. The van der Waals surface area contributed by atoms with Gasteiger partial charge in [-0.1, -0.05) is 33.6 Å². The lowest BCUT2D eigenvalue weighted by atomic mass is 9.54. The smallest absolute Gasteiger partial charge is 0.226 e. The van der Waals surface area contributed by atoms with Gasteiger partial charge in [0, 0.05) is 28.0 Å². The van der Waals surface area contributed by atoms with Crippen molar-refractivity contribution < 1.29 is 4.79 Å². The molecule has 0 radical (unpaired) electrons. The van der Waals surface area contributed by atoms with E-state index in [-0.39, 0.29) is 5.92 Å². The molecule has 1 aromatic carbocycles. The maximum absolute atomic E-state index is 13.2. The van der Waals surface area contributed by atoms with Gasteiger partial charge in [-0.25, -0.2) is 0 Å². The Morgan fingerprint density at radius 1 is 1.08 bits per heavy atom. The maximum Gasteiger partial charge on any atom is 0.226 e. The first kappa shape index (κ1) is 16.6. The number of carbonyl (C=O) groups excluding carboxylic acids is 1. The second-order valence-electron chi connectivity index (χ2n) is 8.88. The Kier molecular flexibility index (Phi) is 4.17. The molecule has 1 unspecified atom stereocenters. The molecule has 5 aliphatic rings. The summed E-state index contributed by atoms with van der Waals surface area (Å²) < 4.78 is 0.995. The van der Waals surface area contributed by atoms with Crippen molar-refractivity contribution in [2.45, 2.75) is 51.0 Å². The summed E-state index contributed by atoms with van der Waals surface area (Å²) in [7, 11) is 0. The van der Waals surface area contributed by atoms with Gasteiger partial charge in [0.1, 0.15) is 0 Å². The predicted molar refractivity (Wildman–Crippen MR) is 104 cm³/mol. The molecule has 4 heteroatoms.